The molecule has 2 aliphatic heterocycles. The predicted molar refractivity (Wildman–Crippen MR) is 117 cm³/mol. The molecule has 3 atom stereocenters. The average molecular weight is 540 g/mol. The van der Waals surface area contributed by atoms with E-state index < -0.39 is 0 Å². The van der Waals surface area contributed by atoms with Gasteiger partial charge in [0.25, 0.3) is 0 Å². The minimum absolute atomic E-state index is 0. The molecule has 0 aliphatic carbocycles. The lowest BCUT2D eigenvalue weighted by Gasteiger charge is -2.22. The van der Waals surface area contributed by atoms with E-state index in [1.807, 2.05) is 12.1 Å². The fraction of sp³-hybridized carbons (Fsp3) is 0.611. The summed E-state index contributed by atoms with van der Waals surface area (Å²) in [5.74, 6) is 2.23. The molecule has 0 amide bonds. The van der Waals surface area contributed by atoms with Crippen LogP contribution in [0.3, 0.4) is 0 Å². The molecule has 0 spiro atoms. The van der Waals surface area contributed by atoms with Crippen molar-refractivity contribution in [1.82, 2.24) is 10.6 Å². The van der Waals surface area contributed by atoms with Crippen molar-refractivity contribution in [2.75, 3.05) is 20.8 Å². The fourth-order valence-corrected chi connectivity index (χ4v) is 3.91. The summed E-state index contributed by atoms with van der Waals surface area (Å²) in [6.45, 7) is 3.43. The van der Waals surface area contributed by atoms with Crippen molar-refractivity contribution in [3.63, 3.8) is 0 Å². The van der Waals surface area contributed by atoms with Crippen molar-refractivity contribution in [2.45, 2.75) is 51.0 Å². The lowest BCUT2D eigenvalue weighted by molar-refractivity contribution is 0.0992. The number of benzene rings is 1. The maximum atomic E-state index is 5.92. The Morgan fingerprint density at radius 2 is 2.00 bits per heavy atom. The number of halogens is 2. The van der Waals surface area contributed by atoms with Crippen LogP contribution in [0.1, 0.15) is 31.7 Å². The minimum Gasteiger partial charge on any atom is -0.493 e. The molecule has 2 N–H and O–H groups in total. The number of methoxy groups -OCH3 is 2. The van der Waals surface area contributed by atoms with Gasteiger partial charge in [-0.1, -0.05) is 15.9 Å². The van der Waals surface area contributed by atoms with E-state index in [1.54, 1.807) is 14.2 Å². The predicted octanol–water partition coefficient (Wildman–Crippen LogP) is 3.46. The lowest BCUT2D eigenvalue weighted by Crippen LogP contribution is -2.47. The summed E-state index contributed by atoms with van der Waals surface area (Å²) < 4.78 is 17.6. The number of hydrogen-bond donors (Lipinski definition) is 2. The van der Waals surface area contributed by atoms with Gasteiger partial charge < -0.3 is 24.8 Å². The van der Waals surface area contributed by atoms with Crippen LogP contribution >= 0.6 is 39.9 Å². The molecule has 3 rings (SSSR count). The molecule has 8 heteroatoms. The Morgan fingerprint density at radius 1 is 1.27 bits per heavy atom. The number of nitrogens with one attached hydrogen (secondary N) is 2. The van der Waals surface area contributed by atoms with Crippen molar-refractivity contribution >= 4 is 45.9 Å². The fourth-order valence-electron chi connectivity index (χ4n) is 3.47. The second kappa shape index (κ2) is 9.98. The molecule has 3 unspecified atom stereocenters. The smallest absolute Gasteiger partial charge is 0.191 e. The van der Waals surface area contributed by atoms with Crippen LogP contribution in [0.15, 0.2) is 21.6 Å². The summed E-state index contributed by atoms with van der Waals surface area (Å²) in [5, 5.41) is 6.85. The molecule has 0 aromatic heterocycles. The van der Waals surface area contributed by atoms with Gasteiger partial charge in [0.15, 0.2) is 17.5 Å². The van der Waals surface area contributed by atoms with Gasteiger partial charge in [-0.2, -0.15) is 0 Å². The van der Waals surface area contributed by atoms with Crippen LogP contribution in [0.2, 0.25) is 0 Å². The molecule has 0 radical (unpaired) electrons. The van der Waals surface area contributed by atoms with Crippen molar-refractivity contribution < 1.29 is 14.2 Å². The van der Waals surface area contributed by atoms with Crippen molar-refractivity contribution in [3.05, 3.63) is 22.2 Å². The van der Waals surface area contributed by atoms with Crippen molar-refractivity contribution in [1.29, 1.82) is 0 Å². The van der Waals surface area contributed by atoms with Crippen LogP contribution < -0.4 is 20.1 Å². The molecule has 2 saturated heterocycles. The molecule has 0 saturated carbocycles. The average Bonchev–Trinajstić information content (AvgIpc) is 3.23. The molecular formula is C18H27BrIN3O3. The van der Waals surface area contributed by atoms with Crippen molar-refractivity contribution in [2.24, 2.45) is 4.99 Å². The monoisotopic (exact) mass is 539 g/mol. The Hall–Kier alpha value is -0.740. The number of nitrogens with zero attached hydrogens (tertiary/aromatic N) is 1. The molecule has 146 valence electrons. The number of aliphatic imine (C=N–C) groups is 1. The second-order valence-corrected chi connectivity index (χ2v) is 7.21. The summed E-state index contributed by atoms with van der Waals surface area (Å²) in [6, 6.07) is 4.22. The molecule has 26 heavy (non-hydrogen) atoms. The Bertz CT molecular complexity index is 644. The van der Waals surface area contributed by atoms with E-state index >= 15 is 0 Å². The summed E-state index contributed by atoms with van der Waals surface area (Å²) in [4.78, 5) is 4.74. The zero-order chi connectivity index (χ0) is 17.8. The Morgan fingerprint density at radius 3 is 2.58 bits per heavy atom. The van der Waals surface area contributed by atoms with Gasteiger partial charge in [-0.3, -0.25) is 0 Å². The molecule has 1 aromatic rings. The quantitative estimate of drug-likeness (QED) is 0.329. The normalized spacial score (nSPS) is 24.2. The number of rotatable bonds is 6. The molecule has 2 aliphatic rings. The van der Waals surface area contributed by atoms with E-state index in [1.165, 1.54) is 6.42 Å². The third kappa shape index (κ3) is 4.95. The van der Waals surface area contributed by atoms with E-state index in [4.69, 9.17) is 19.2 Å². The minimum atomic E-state index is 0. The number of hydrogen-bond acceptors (Lipinski definition) is 4. The highest BCUT2D eigenvalue weighted by atomic mass is 127. The number of ether oxygens (including phenoxy) is 3. The van der Waals surface area contributed by atoms with Gasteiger partial charge in [-0.15, -0.1) is 24.0 Å². The van der Waals surface area contributed by atoms with E-state index in [0.29, 0.717) is 36.3 Å². The summed E-state index contributed by atoms with van der Waals surface area (Å²) in [5.41, 5.74) is 1.04. The summed E-state index contributed by atoms with van der Waals surface area (Å²) >= 11 is 3.59. The molecule has 2 heterocycles. The van der Waals surface area contributed by atoms with Crippen LogP contribution in [0.25, 0.3) is 0 Å². The highest BCUT2D eigenvalue weighted by molar-refractivity contribution is 14.0. The first kappa shape index (κ1) is 21.6. The third-order valence-electron chi connectivity index (χ3n) is 4.73. The van der Waals surface area contributed by atoms with Crippen LogP contribution in [0.4, 0.5) is 0 Å². The van der Waals surface area contributed by atoms with Crippen LogP contribution in [-0.2, 0) is 11.3 Å². The van der Waals surface area contributed by atoms with Gasteiger partial charge in [-0.25, -0.2) is 4.99 Å². The van der Waals surface area contributed by atoms with E-state index in [2.05, 4.69) is 33.5 Å². The first-order chi connectivity index (χ1) is 12.1. The van der Waals surface area contributed by atoms with Gasteiger partial charge >= 0.3 is 0 Å². The Labute approximate surface area is 180 Å². The van der Waals surface area contributed by atoms with E-state index in [9.17, 15) is 0 Å². The Balaban J connectivity index is 0.00000243. The molecule has 2 fully saturated rings. The highest BCUT2D eigenvalue weighted by Gasteiger charge is 2.41. The second-order valence-electron chi connectivity index (χ2n) is 6.35. The zero-order valence-electron chi connectivity index (χ0n) is 15.4. The molecule has 1 aromatic carbocycles. The number of guanidine groups is 1. The van der Waals surface area contributed by atoms with Gasteiger partial charge in [-0.05, 0) is 43.9 Å². The summed E-state index contributed by atoms with van der Waals surface area (Å²) in [7, 11) is 3.27. The third-order valence-corrected chi connectivity index (χ3v) is 5.47. The van der Waals surface area contributed by atoms with Crippen LogP contribution in [0, 0.1) is 0 Å². The van der Waals surface area contributed by atoms with Gasteiger partial charge in [0.1, 0.15) is 0 Å². The van der Waals surface area contributed by atoms with E-state index in [0.717, 1.165) is 35.4 Å². The Kier molecular flexibility index (Phi) is 8.28. The highest BCUT2D eigenvalue weighted by Crippen LogP contribution is 2.35. The first-order valence-electron chi connectivity index (χ1n) is 8.75. The topological polar surface area (TPSA) is 64.1 Å². The van der Waals surface area contributed by atoms with Crippen molar-refractivity contribution in [3.8, 4) is 11.5 Å². The summed E-state index contributed by atoms with van der Waals surface area (Å²) in [6.07, 6.45) is 4.14. The standard InChI is InChI=1S/C18H26BrN3O3.HI/c1-4-20-18(22-14-8-12-5-6-15(14)25-12)21-10-11-7-16(23-2)17(24-3)9-13(11)19;/h7,9,12,14-15H,4-6,8,10H2,1-3H3,(H2,20,21,22);1H. The SMILES string of the molecule is CCNC(=NCc1cc(OC)c(OC)cc1Br)NC1CC2CCC1O2.I. The molecule has 2 bridgehead atoms. The first-order valence-corrected chi connectivity index (χ1v) is 9.54. The molecular weight excluding hydrogens is 513 g/mol. The van der Waals surface area contributed by atoms with Crippen LogP contribution in [0.5, 0.6) is 11.5 Å². The van der Waals surface area contributed by atoms with Crippen LogP contribution in [-0.4, -0.2) is 45.0 Å². The lowest BCUT2D eigenvalue weighted by atomic mass is 9.96. The van der Waals surface area contributed by atoms with E-state index in [-0.39, 0.29) is 24.0 Å². The maximum absolute atomic E-state index is 5.92. The maximum Gasteiger partial charge on any atom is 0.191 e. The molecule has 6 nitrogen and oxygen atoms in total. The van der Waals surface area contributed by atoms with Gasteiger partial charge in [0.2, 0.25) is 0 Å². The zero-order valence-corrected chi connectivity index (χ0v) is 19.3. The van der Waals surface area contributed by atoms with Gasteiger partial charge in [0.05, 0.1) is 39.0 Å². The number of fused-ring (bicyclic) bond motifs is 2. The van der Waals surface area contributed by atoms with Gasteiger partial charge in [0, 0.05) is 11.0 Å². The largest absolute Gasteiger partial charge is 0.493 e.